The molecule has 0 aromatic heterocycles. The van der Waals surface area contributed by atoms with Crippen LogP contribution < -0.4 is 4.72 Å². The van der Waals surface area contributed by atoms with Crippen molar-refractivity contribution in [1.29, 1.82) is 5.26 Å². The van der Waals surface area contributed by atoms with Crippen LogP contribution in [0.2, 0.25) is 0 Å². The predicted octanol–water partition coefficient (Wildman–Crippen LogP) is 2.28. The van der Waals surface area contributed by atoms with Crippen LogP contribution in [0.3, 0.4) is 0 Å². The van der Waals surface area contributed by atoms with E-state index in [0.717, 1.165) is 5.56 Å². The Hall–Kier alpha value is -3.18. The van der Waals surface area contributed by atoms with Crippen molar-refractivity contribution in [1.82, 2.24) is 9.62 Å². The van der Waals surface area contributed by atoms with Crippen LogP contribution in [0, 0.1) is 17.2 Å². The number of nitriles is 1. The lowest BCUT2D eigenvalue weighted by molar-refractivity contribution is -0.132. The van der Waals surface area contributed by atoms with E-state index in [1.165, 1.54) is 6.07 Å². The maximum atomic E-state index is 13.1. The largest absolute Gasteiger partial charge is 0.340 e. The van der Waals surface area contributed by atoms with Gasteiger partial charge in [-0.1, -0.05) is 38.1 Å². The number of carbonyl (C=O) groups excluding carboxylic acids is 1. The summed E-state index contributed by atoms with van der Waals surface area (Å²) in [6.07, 6.45) is 0. The smallest absolute Gasteiger partial charge is 0.263 e. The minimum Gasteiger partial charge on any atom is -0.340 e. The second-order valence-electron chi connectivity index (χ2n) is 7.27. The highest BCUT2D eigenvalue weighted by molar-refractivity contribution is 7.90. The number of amidine groups is 1. The third-order valence-electron chi connectivity index (χ3n) is 4.69. The summed E-state index contributed by atoms with van der Waals surface area (Å²) in [5.41, 5.74) is 1.92. The van der Waals surface area contributed by atoms with Crippen molar-refractivity contribution in [2.45, 2.75) is 31.3 Å². The van der Waals surface area contributed by atoms with Gasteiger partial charge in [0.15, 0.2) is 0 Å². The van der Waals surface area contributed by atoms with E-state index >= 15 is 0 Å². The molecule has 0 radical (unpaired) electrons. The molecule has 2 aromatic rings. The van der Waals surface area contributed by atoms with Crippen LogP contribution in [0.4, 0.5) is 0 Å². The first-order valence-electron chi connectivity index (χ1n) is 9.17. The number of benzene rings is 2. The lowest BCUT2D eigenvalue weighted by Gasteiger charge is -2.24. The molecule has 3 rings (SSSR count). The topological polar surface area (TPSA) is 103 Å². The lowest BCUT2D eigenvalue weighted by Crippen LogP contribution is -2.39. The maximum absolute atomic E-state index is 13.1. The molecule has 0 aliphatic carbocycles. The van der Waals surface area contributed by atoms with E-state index < -0.39 is 16.1 Å². The standard InChI is InChI=1S/C21H22N4O3S/c1-14(2)19(21(26)25(3)13-16-10-8-15(12-22)9-11-16)23-20-17-6-4-5-7-18(17)29(27,28)24-20/h4-11,14,19H,13H2,1-3H3,(H,23,24)/t19-/m0/s1. The maximum Gasteiger partial charge on any atom is 0.263 e. The third kappa shape index (κ3) is 4.30. The van der Waals surface area contributed by atoms with Crippen molar-refractivity contribution in [3.05, 3.63) is 65.2 Å². The number of rotatable bonds is 5. The van der Waals surface area contributed by atoms with Gasteiger partial charge in [-0.05, 0) is 35.7 Å². The molecule has 8 heteroatoms. The molecule has 29 heavy (non-hydrogen) atoms. The number of fused-ring (bicyclic) bond motifs is 1. The van der Waals surface area contributed by atoms with Crippen LogP contribution in [0.25, 0.3) is 0 Å². The number of likely N-dealkylation sites (N-methyl/N-ethyl adjacent to an activating group) is 1. The van der Waals surface area contributed by atoms with Gasteiger partial charge in [0.1, 0.15) is 11.9 Å². The Morgan fingerprint density at radius 3 is 2.45 bits per heavy atom. The summed E-state index contributed by atoms with van der Waals surface area (Å²) in [5.74, 6) is -0.143. The second kappa shape index (κ2) is 8.05. The van der Waals surface area contributed by atoms with E-state index in [0.29, 0.717) is 17.7 Å². The molecule has 0 spiro atoms. The molecule has 2 aromatic carbocycles. The van der Waals surface area contributed by atoms with E-state index in [2.05, 4.69) is 15.8 Å². The summed E-state index contributed by atoms with van der Waals surface area (Å²) < 4.78 is 27.1. The van der Waals surface area contributed by atoms with Gasteiger partial charge >= 0.3 is 0 Å². The Balaban J connectivity index is 1.85. The number of carbonyl (C=O) groups is 1. The van der Waals surface area contributed by atoms with E-state index in [9.17, 15) is 13.2 Å². The molecule has 1 N–H and O–H groups in total. The molecule has 1 aliphatic rings. The van der Waals surface area contributed by atoms with Gasteiger partial charge in [-0.25, -0.2) is 8.42 Å². The molecule has 150 valence electrons. The number of nitrogens with zero attached hydrogens (tertiary/aromatic N) is 3. The van der Waals surface area contributed by atoms with E-state index in [4.69, 9.17) is 5.26 Å². The zero-order chi connectivity index (χ0) is 21.2. The van der Waals surface area contributed by atoms with Gasteiger partial charge in [-0.3, -0.25) is 14.5 Å². The molecule has 1 aliphatic heterocycles. The Labute approximate surface area is 170 Å². The SMILES string of the molecule is CC(C)[C@H](N=C1NS(=O)(=O)c2ccccc21)C(=O)N(C)Cc1ccc(C#N)cc1. The first-order valence-corrected chi connectivity index (χ1v) is 10.7. The van der Waals surface area contributed by atoms with Gasteiger partial charge in [0, 0.05) is 19.2 Å². The number of hydrogen-bond acceptors (Lipinski definition) is 5. The van der Waals surface area contributed by atoms with Crippen molar-refractivity contribution in [3.63, 3.8) is 0 Å². The van der Waals surface area contributed by atoms with Gasteiger partial charge in [0.05, 0.1) is 16.5 Å². The van der Waals surface area contributed by atoms with Crippen LogP contribution in [0.15, 0.2) is 58.4 Å². The Morgan fingerprint density at radius 2 is 1.83 bits per heavy atom. The number of nitrogens with one attached hydrogen (secondary N) is 1. The monoisotopic (exact) mass is 410 g/mol. The van der Waals surface area contributed by atoms with Crippen molar-refractivity contribution in [3.8, 4) is 6.07 Å². The molecule has 1 amide bonds. The number of sulfonamides is 1. The van der Waals surface area contributed by atoms with Crippen LogP contribution in [0.1, 0.15) is 30.5 Å². The summed E-state index contributed by atoms with van der Waals surface area (Å²) >= 11 is 0. The third-order valence-corrected chi connectivity index (χ3v) is 6.09. The van der Waals surface area contributed by atoms with E-state index in [1.807, 2.05) is 13.8 Å². The lowest BCUT2D eigenvalue weighted by atomic mass is 10.0. The fourth-order valence-corrected chi connectivity index (χ4v) is 4.36. The molecular weight excluding hydrogens is 388 g/mol. The summed E-state index contributed by atoms with van der Waals surface area (Å²) in [7, 11) is -1.98. The summed E-state index contributed by atoms with van der Waals surface area (Å²) in [5, 5.41) is 8.90. The van der Waals surface area contributed by atoms with Crippen LogP contribution in [-0.2, 0) is 21.4 Å². The van der Waals surface area contributed by atoms with Crippen LogP contribution >= 0.6 is 0 Å². The average molecular weight is 410 g/mol. The van der Waals surface area contributed by atoms with Gasteiger partial charge < -0.3 is 4.90 Å². The molecule has 0 saturated carbocycles. The highest BCUT2D eigenvalue weighted by Crippen LogP contribution is 2.24. The Kier molecular flexibility index (Phi) is 5.71. The average Bonchev–Trinajstić information content (AvgIpc) is 2.96. The van der Waals surface area contributed by atoms with Gasteiger partial charge in [0.25, 0.3) is 10.0 Å². The Bertz CT molecular complexity index is 1100. The molecule has 0 unspecified atom stereocenters. The highest BCUT2D eigenvalue weighted by Gasteiger charge is 2.33. The minimum absolute atomic E-state index is 0.129. The van der Waals surface area contributed by atoms with E-state index in [-0.39, 0.29) is 22.6 Å². The number of aliphatic imine (C=N–C) groups is 1. The number of amides is 1. The molecular formula is C21H22N4O3S. The zero-order valence-corrected chi connectivity index (χ0v) is 17.3. The summed E-state index contributed by atoms with van der Waals surface area (Å²) in [4.78, 5) is 19.3. The molecule has 0 saturated heterocycles. The van der Waals surface area contributed by atoms with Gasteiger partial charge in [-0.15, -0.1) is 0 Å². The minimum atomic E-state index is -3.66. The fraction of sp³-hybridized carbons (Fsp3) is 0.286. The van der Waals surface area contributed by atoms with Crippen molar-refractivity contribution < 1.29 is 13.2 Å². The normalized spacial score (nSPS) is 16.7. The van der Waals surface area contributed by atoms with E-state index in [1.54, 1.807) is 54.4 Å². The molecule has 0 fully saturated rings. The fourth-order valence-electron chi connectivity index (χ4n) is 3.12. The van der Waals surface area contributed by atoms with Crippen molar-refractivity contribution in [2.24, 2.45) is 10.9 Å². The summed E-state index contributed by atoms with van der Waals surface area (Å²) in [6, 6.07) is 14.9. The quantitative estimate of drug-likeness (QED) is 0.817. The second-order valence-corrected chi connectivity index (χ2v) is 8.92. The summed E-state index contributed by atoms with van der Waals surface area (Å²) in [6.45, 7) is 4.11. The highest BCUT2D eigenvalue weighted by atomic mass is 32.2. The molecule has 1 atom stereocenters. The van der Waals surface area contributed by atoms with Crippen LogP contribution in [0.5, 0.6) is 0 Å². The number of hydrogen-bond donors (Lipinski definition) is 1. The van der Waals surface area contributed by atoms with Gasteiger partial charge in [0.2, 0.25) is 5.91 Å². The first-order chi connectivity index (χ1) is 13.7. The Morgan fingerprint density at radius 1 is 1.17 bits per heavy atom. The zero-order valence-electron chi connectivity index (χ0n) is 16.5. The predicted molar refractivity (Wildman–Crippen MR) is 110 cm³/mol. The van der Waals surface area contributed by atoms with Crippen molar-refractivity contribution >= 4 is 21.8 Å². The molecule has 7 nitrogen and oxygen atoms in total. The molecule has 0 bridgehead atoms. The van der Waals surface area contributed by atoms with Crippen LogP contribution in [-0.4, -0.2) is 38.2 Å². The van der Waals surface area contributed by atoms with Crippen molar-refractivity contribution in [2.75, 3.05) is 7.05 Å². The first kappa shape index (κ1) is 20.6. The molecule has 1 heterocycles. The van der Waals surface area contributed by atoms with Gasteiger partial charge in [-0.2, -0.15) is 5.26 Å².